The third-order valence-corrected chi connectivity index (χ3v) is 3.33. The molecule has 1 heterocycles. The van der Waals surface area contributed by atoms with Crippen molar-refractivity contribution in [2.75, 3.05) is 6.61 Å². The summed E-state index contributed by atoms with van der Waals surface area (Å²) in [7, 11) is 0. The number of rotatable bonds is 4. The van der Waals surface area contributed by atoms with Gasteiger partial charge in [-0.3, -0.25) is 0 Å². The molecule has 0 bridgehead atoms. The number of aromatic nitrogens is 1. The van der Waals surface area contributed by atoms with Gasteiger partial charge >= 0.3 is 5.97 Å². The van der Waals surface area contributed by atoms with E-state index in [2.05, 4.69) is 4.98 Å². The minimum Gasteiger partial charge on any atom is -0.460 e. The van der Waals surface area contributed by atoms with Crippen molar-refractivity contribution in [2.24, 2.45) is 0 Å². The second kappa shape index (κ2) is 6.31. The van der Waals surface area contributed by atoms with Crippen LogP contribution in [-0.4, -0.2) is 17.6 Å². The Morgan fingerprint density at radius 3 is 2.76 bits per heavy atom. The highest BCUT2D eigenvalue weighted by molar-refractivity contribution is 6.30. The Labute approximate surface area is 129 Å². The molecular weight excluding hydrogens is 290 g/mol. The first-order valence-corrected chi connectivity index (χ1v) is 7.26. The molecule has 0 amide bonds. The average molecular weight is 308 g/mol. The standard InChI is InChI=1S/C16H18ClNO3/c1-5-20-16(19)14-13(9(2)3)18-15(21-14)12-8-11(17)7-6-10(12)4/h6-9H,5H2,1-4H3. The van der Waals surface area contributed by atoms with Crippen molar-refractivity contribution in [3.8, 4) is 11.5 Å². The van der Waals surface area contributed by atoms with Crippen molar-refractivity contribution in [1.82, 2.24) is 4.98 Å². The number of oxazole rings is 1. The largest absolute Gasteiger partial charge is 0.460 e. The lowest BCUT2D eigenvalue weighted by Crippen LogP contribution is -2.07. The second-order valence-electron chi connectivity index (χ2n) is 5.07. The van der Waals surface area contributed by atoms with Gasteiger partial charge in [-0.2, -0.15) is 0 Å². The molecule has 0 radical (unpaired) electrons. The SMILES string of the molecule is CCOC(=O)c1oc(-c2cc(Cl)ccc2C)nc1C(C)C. The summed E-state index contributed by atoms with van der Waals surface area (Å²) in [6, 6.07) is 5.47. The molecule has 0 aliphatic carbocycles. The monoisotopic (exact) mass is 307 g/mol. The molecule has 0 atom stereocenters. The minimum atomic E-state index is -0.486. The zero-order chi connectivity index (χ0) is 15.6. The Morgan fingerprint density at radius 1 is 1.43 bits per heavy atom. The lowest BCUT2D eigenvalue weighted by Gasteiger charge is -2.02. The Kier molecular flexibility index (Phi) is 4.68. The van der Waals surface area contributed by atoms with Crippen molar-refractivity contribution < 1.29 is 13.9 Å². The molecular formula is C16H18ClNO3. The molecule has 0 N–H and O–H groups in total. The molecule has 2 aromatic rings. The van der Waals surface area contributed by atoms with Gasteiger partial charge in [-0.25, -0.2) is 9.78 Å². The highest BCUT2D eigenvalue weighted by Gasteiger charge is 2.24. The van der Waals surface area contributed by atoms with E-state index in [1.807, 2.05) is 26.8 Å². The van der Waals surface area contributed by atoms with Crippen LogP contribution in [0.3, 0.4) is 0 Å². The van der Waals surface area contributed by atoms with Gasteiger partial charge in [0.05, 0.1) is 12.3 Å². The molecule has 5 heteroatoms. The normalized spacial score (nSPS) is 11.0. The number of esters is 1. The lowest BCUT2D eigenvalue weighted by molar-refractivity contribution is 0.0488. The summed E-state index contributed by atoms with van der Waals surface area (Å²) in [5, 5.41) is 0.595. The van der Waals surface area contributed by atoms with Gasteiger partial charge in [0.2, 0.25) is 11.7 Å². The summed E-state index contributed by atoms with van der Waals surface area (Å²) in [4.78, 5) is 16.4. The maximum Gasteiger partial charge on any atom is 0.376 e. The van der Waals surface area contributed by atoms with Crippen molar-refractivity contribution >= 4 is 17.6 Å². The quantitative estimate of drug-likeness (QED) is 0.774. The van der Waals surface area contributed by atoms with Crippen LogP contribution in [0.2, 0.25) is 5.02 Å². The number of hydrogen-bond donors (Lipinski definition) is 0. The number of ether oxygens (including phenoxy) is 1. The van der Waals surface area contributed by atoms with Crippen LogP contribution < -0.4 is 0 Å². The van der Waals surface area contributed by atoms with E-state index in [4.69, 9.17) is 20.8 Å². The van der Waals surface area contributed by atoms with Crippen molar-refractivity contribution in [2.45, 2.75) is 33.6 Å². The Morgan fingerprint density at radius 2 is 2.14 bits per heavy atom. The maximum atomic E-state index is 12.0. The van der Waals surface area contributed by atoms with Crippen molar-refractivity contribution in [3.63, 3.8) is 0 Å². The number of carbonyl (C=O) groups is 1. The third-order valence-electron chi connectivity index (χ3n) is 3.09. The van der Waals surface area contributed by atoms with E-state index >= 15 is 0 Å². The van der Waals surface area contributed by atoms with E-state index < -0.39 is 5.97 Å². The highest BCUT2D eigenvalue weighted by Crippen LogP contribution is 2.30. The molecule has 0 aliphatic rings. The number of carbonyl (C=O) groups excluding carboxylic acids is 1. The van der Waals surface area contributed by atoms with E-state index in [0.29, 0.717) is 23.2 Å². The Balaban J connectivity index is 2.53. The molecule has 1 aromatic heterocycles. The molecule has 0 saturated heterocycles. The summed E-state index contributed by atoms with van der Waals surface area (Å²) in [6.07, 6.45) is 0. The van der Waals surface area contributed by atoms with Gasteiger partial charge in [-0.1, -0.05) is 31.5 Å². The first-order chi connectivity index (χ1) is 9.93. The van der Waals surface area contributed by atoms with Gasteiger partial charge in [0.25, 0.3) is 0 Å². The summed E-state index contributed by atoms with van der Waals surface area (Å²) < 4.78 is 10.7. The molecule has 21 heavy (non-hydrogen) atoms. The molecule has 112 valence electrons. The van der Waals surface area contributed by atoms with Crippen LogP contribution in [-0.2, 0) is 4.74 Å². The van der Waals surface area contributed by atoms with Gasteiger partial charge in [-0.15, -0.1) is 0 Å². The van der Waals surface area contributed by atoms with E-state index in [-0.39, 0.29) is 11.7 Å². The zero-order valence-electron chi connectivity index (χ0n) is 12.6. The zero-order valence-corrected chi connectivity index (χ0v) is 13.3. The van der Waals surface area contributed by atoms with Crippen LogP contribution in [0, 0.1) is 6.92 Å². The second-order valence-corrected chi connectivity index (χ2v) is 5.50. The average Bonchev–Trinajstić information content (AvgIpc) is 2.87. The molecule has 0 unspecified atom stereocenters. The first kappa shape index (κ1) is 15.6. The summed E-state index contributed by atoms with van der Waals surface area (Å²) in [5.74, 6) is 0.129. The Bertz CT molecular complexity index is 662. The van der Waals surface area contributed by atoms with Crippen LogP contribution in [0.15, 0.2) is 22.6 Å². The fraction of sp³-hybridized carbons (Fsp3) is 0.375. The number of halogens is 1. The van der Waals surface area contributed by atoms with Crippen LogP contribution in [0.4, 0.5) is 0 Å². The number of nitrogens with zero attached hydrogens (tertiary/aromatic N) is 1. The Hall–Kier alpha value is -1.81. The van der Waals surface area contributed by atoms with E-state index in [1.54, 1.807) is 19.1 Å². The molecule has 0 fully saturated rings. The topological polar surface area (TPSA) is 52.3 Å². The molecule has 0 aliphatic heterocycles. The highest BCUT2D eigenvalue weighted by atomic mass is 35.5. The smallest absolute Gasteiger partial charge is 0.376 e. The van der Waals surface area contributed by atoms with Crippen LogP contribution in [0.1, 0.15) is 48.5 Å². The molecule has 1 aromatic carbocycles. The summed E-state index contributed by atoms with van der Waals surface area (Å²) >= 11 is 6.03. The number of benzene rings is 1. The minimum absolute atomic E-state index is 0.0568. The van der Waals surface area contributed by atoms with Crippen molar-refractivity contribution in [3.05, 3.63) is 40.2 Å². The summed E-state index contributed by atoms with van der Waals surface area (Å²) in [5.41, 5.74) is 2.36. The number of hydrogen-bond acceptors (Lipinski definition) is 4. The molecule has 4 nitrogen and oxygen atoms in total. The van der Waals surface area contributed by atoms with Crippen LogP contribution in [0.5, 0.6) is 0 Å². The summed E-state index contributed by atoms with van der Waals surface area (Å²) in [6.45, 7) is 7.90. The van der Waals surface area contributed by atoms with Crippen LogP contribution >= 0.6 is 11.6 Å². The van der Waals surface area contributed by atoms with Gasteiger partial charge in [0.15, 0.2) is 0 Å². The van der Waals surface area contributed by atoms with Crippen LogP contribution in [0.25, 0.3) is 11.5 Å². The first-order valence-electron chi connectivity index (χ1n) is 6.88. The van der Waals surface area contributed by atoms with E-state index in [0.717, 1.165) is 11.1 Å². The van der Waals surface area contributed by atoms with E-state index in [9.17, 15) is 4.79 Å². The molecule has 0 spiro atoms. The van der Waals surface area contributed by atoms with E-state index in [1.165, 1.54) is 0 Å². The fourth-order valence-corrected chi connectivity index (χ4v) is 2.18. The van der Waals surface area contributed by atoms with Gasteiger partial charge in [-0.05, 0) is 37.5 Å². The van der Waals surface area contributed by atoms with Crippen molar-refractivity contribution in [1.29, 1.82) is 0 Å². The molecule has 0 saturated carbocycles. The lowest BCUT2D eigenvalue weighted by atomic mass is 10.1. The number of aryl methyl sites for hydroxylation is 1. The predicted octanol–water partition coefficient (Wildman–Crippen LogP) is 4.60. The van der Waals surface area contributed by atoms with Gasteiger partial charge in [0.1, 0.15) is 0 Å². The fourth-order valence-electron chi connectivity index (χ4n) is 2.01. The third kappa shape index (κ3) is 3.27. The predicted molar refractivity (Wildman–Crippen MR) is 81.7 cm³/mol. The van der Waals surface area contributed by atoms with Gasteiger partial charge < -0.3 is 9.15 Å². The maximum absolute atomic E-state index is 12.0. The molecule has 2 rings (SSSR count). The van der Waals surface area contributed by atoms with Gasteiger partial charge in [0, 0.05) is 10.6 Å².